The summed E-state index contributed by atoms with van der Waals surface area (Å²) in [7, 11) is 0. The molecule has 7 heteroatoms. The van der Waals surface area contributed by atoms with Crippen molar-refractivity contribution in [1.29, 1.82) is 0 Å². The van der Waals surface area contributed by atoms with Crippen molar-refractivity contribution in [3.05, 3.63) is 87.7 Å². The lowest BCUT2D eigenvalue weighted by atomic mass is 9.86. The first-order valence-corrected chi connectivity index (χ1v) is 11.6. The first kappa shape index (κ1) is 20.2. The van der Waals surface area contributed by atoms with Gasteiger partial charge in [0.2, 0.25) is 0 Å². The normalized spacial score (nSPS) is 18.5. The van der Waals surface area contributed by atoms with Gasteiger partial charge in [-0.1, -0.05) is 55.1 Å². The molecular weight excluding hydrogens is 436 g/mol. The van der Waals surface area contributed by atoms with Crippen LogP contribution in [0.5, 0.6) is 0 Å². The maximum Gasteiger partial charge on any atom is 0.343 e. The highest BCUT2D eigenvalue weighted by molar-refractivity contribution is 7.99. The first-order chi connectivity index (χ1) is 16.0. The van der Waals surface area contributed by atoms with E-state index in [-0.39, 0.29) is 18.6 Å². The summed E-state index contributed by atoms with van der Waals surface area (Å²) in [6, 6.07) is 19.8. The quantitative estimate of drug-likeness (QED) is 0.409. The van der Waals surface area contributed by atoms with E-state index >= 15 is 0 Å². The van der Waals surface area contributed by atoms with E-state index < -0.39 is 11.6 Å². The van der Waals surface area contributed by atoms with Gasteiger partial charge in [-0.2, -0.15) is 0 Å². The largest absolute Gasteiger partial charge is 0.458 e. The first-order valence-electron chi connectivity index (χ1n) is 10.8. The van der Waals surface area contributed by atoms with Crippen molar-refractivity contribution < 1.29 is 14.6 Å². The third-order valence-corrected chi connectivity index (χ3v) is 7.68. The van der Waals surface area contributed by atoms with Crippen molar-refractivity contribution in [3.63, 3.8) is 0 Å². The van der Waals surface area contributed by atoms with Gasteiger partial charge < -0.3 is 14.4 Å². The van der Waals surface area contributed by atoms with Crippen LogP contribution in [0.1, 0.15) is 30.0 Å². The molecule has 6 nitrogen and oxygen atoms in total. The summed E-state index contributed by atoms with van der Waals surface area (Å²) in [5, 5.41) is 12.1. The van der Waals surface area contributed by atoms with Crippen LogP contribution in [0.3, 0.4) is 0 Å². The molecule has 4 heterocycles. The molecule has 0 unspecified atom stereocenters. The van der Waals surface area contributed by atoms with Crippen LogP contribution in [0.4, 0.5) is 0 Å². The molecule has 2 aromatic carbocycles. The van der Waals surface area contributed by atoms with Crippen LogP contribution in [-0.4, -0.2) is 20.6 Å². The Morgan fingerprint density at radius 2 is 1.85 bits per heavy atom. The van der Waals surface area contributed by atoms with Crippen molar-refractivity contribution in [2.75, 3.05) is 0 Å². The van der Waals surface area contributed by atoms with Gasteiger partial charge in [0.1, 0.15) is 6.61 Å². The van der Waals surface area contributed by atoms with E-state index in [4.69, 9.17) is 9.72 Å². The lowest BCUT2D eigenvalue weighted by molar-refractivity contribution is -0.172. The summed E-state index contributed by atoms with van der Waals surface area (Å²) in [5.41, 5.74) is 1.71. The zero-order valence-electron chi connectivity index (χ0n) is 17.9. The molecule has 1 atom stereocenters. The Bertz CT molecular complexity index is 1510. The number of nitrogens with zero attached hydrogens (tertiary/aromatic N) is 2. The predicted octanol–water partition coefficient (Wildman–Crippen LogP) is 4.23. The number of ether oxygens (including phenoxy) is 1. The van der Waals surface area contributed by atoms with Gasteiger partial charge in [-0.15, -0.1) is 0 Å². The molecule has 33 heavy (non-hydrogen) atoms. The standard InChI is InChI=1S/C26H20N2O4S/c1-2-26(31)19-12-21-22-17(13-28(21)24(29)18(19)14-32-25(26)30)23(33-15-8-4-3-5-9-15)16-10-6-7-11-20(16)27-22/h3-12,31H,2,13-14H2,1H3/t26-/m0/s1. The van der Waals surface area contributed by atoms with E-state index in [9.17, 15) is 14.7 Å². The number of rotatable bonds is 3. The van der Waals surface area contributed by atoms with Crippen molar-refractivity contribution in [1.82, 2.24) is 9.55 Å². The maximum absolute atomic E-state index is 13.5. The summed E-state index contributed by atoms with van der Waals surface area (Å²) >= 11 is 1.65. The Morgan fingerprint density at radius 3 is 2.64 bits per heavy atom. The molecule has 1 N–H and O–H groups in total. The molecule has 0 amide bonds. The number of benzene rings is 2. The van der Waals surface area contributed by atoms with Gasteiger partial charge >= 0.3 is 5.97 Å². The molecule has 0 spiro atoms. The third kappa shape index (κ3) is 2.89. The monoisotopic (exact) mass is 456 g/mol. The highest BCUT2D eigenvalue weighted by Gasteiger charge is 2.45. The fourth-order valence-corrected chi connectivity index (χ4v) is 5.81. The fourth-order valence-electron chi connectivity index (χ4n) is 4.71. The van der Waals surface area contributed by atoms with Gasteiger partial charge in [0.15, 0.2) is 5.60 Å². The van der Waals surface area contributed by atoms with Gasteiger partial charge in [0, 0.05) is 26.3 Å². The number of esters is 1. The molecule has 2 aromatic heterocycles. The lowest BCUT2D eigenvalue weighted by Crippen LogP contribution is -2.44. The van der Waals surface area contributed by atoms with Crippen LogP contribution in [0.2, 0.25) is 0 Å². The molecule has 2 aliphatic heterocycles. The number of cyclic esters (lactones) is 1. The minimum absolute atomic E-state index is 0.120. The van der Waals surface area contributed by atoms with E-state index in [1.54, 1.807) is 29.3 Å². The molecule has 0 bridgehead atoms. The van der Waals surface area contributed by atoms with Crippen LogP contribution < -0.4 is 5.56 Å². The summed E-state index contributed by atoms with van der Waals surface area (Å²) in [5.74, 6) is -0.716. The lowest BCUT2D eigenvalue weighted by Gasteiger charge is -2.31. The zero-order chi connectivity index (χ0) is 22.7. The van der Waals surface area contributed by atoms with Crippen molar-refractivity contribution in [2.45, 2.75) is 41.9 Å². The van der Waals surface area contributed by atoms with Crippen LogP contribution in [-0.2, 0) is 28.3 Å². The molecule has 6 rings (SSSR count). The Kier molecular flexibility index (Phi) is 4.47. The number of fused-ring (bicyclic) bond motifs is 5. The summed E-state index contributed by atoms with van der Waals surface area (Å²) < 4.78 is 6.85. The fraction of sp³-hybridized carbons (Fsp3) is 0.192. The van der Waals surface area contributed by atoms with E-state index in [0.717, 1.165) is 26.3 Å². The van der Waals surface area contributed by atoms with Gasteiger partial charge in [-0.3, -0.25) is 4.79 Å². The Morgan fingerprint density at radius 1 is 1.09 bits per heavy atom. The van der Waals surface area contributed by atoms with E-state index in [1.807, 2.05) is 42.5 Å². The topological polar surface area (TPSA) is 81.4 Å². The molecular formula is C26H20N2O4S. The molecule has 2 aliphatic rings. The highest BCUT2D eigenvalue weighted by atomic mass is 32.2. The van der Waals surface area contributed by atoms with Crippen LogP contribution in [0.15, 0.2) is 75.2 Å². The smallest absolute Gasteiger partial charge is 0.343 e. The van der Waals surface area contributed by atoms with E-state index in [2.05, 4.69) is 12.1 Å². The molecule has 0 fully saturated rings. The summed E-state index contributed by atoms with van der Waals surface area (Å²) in [4.78, 5) is 32.9. The van der Waals surface area contributed by atoms with Crippen LogP contribution >= 0.6 is 11.8 Å². The maximum atomic E-state index is 13.5. The van der Waals surface area contributed by atoms with E-state index in [1.165, 1.54) is 0 Å². The van der Waals surface area contributed by atoms with Crippen molar-refractivity contribution >= 4 is 28.6 Å². The Hall–Kier alpha value is -3.42. The van der Waals surface area contributed by atoms with Crippen molar-refractivity contribution in [2.24, 2.45) is 0 Å². The Labute approximate surface area is 193 Å². The second kappa shape index (κ2) is 7.30. The molecule has 0 aliphatic carbocycles. The second-order valence-corrected chi connectivity index (χ2v) is 9.39. The number of hydrogen-bond donors (Lipinski definition) is 1. The minimum atomic E-state index is -1.83. The SMILES string of the molecule is CC[C@@]1(O)C(=O)OCc2c1cc1n(c2=O)Cc2c-1nc1ccccc1c2Sc1ccccc1. The van der Waals surface area contributed by atoms with Gasteiger partial charge in [-0.05, 0) is 30.7 Å². The number of carbonyl (C=O) groups is 1. The highest BCUT2D eigenvalue weighted by Crippen LogP contribution is 2.44. The molecule has 164 valence electrons. The minimum Gasteiger partial charge on any atom is -0.458 e. The average Bonchev–Trinajstić information content (AvgIpc) is 3.21. The second-order valence-electron chi connectivity index (χ2n) is 8.30. The third-order valence-electron chi connectivity index (χ3n) is 6.51. The number of para-hydroxylation sites is 1. The van der Waals surface area contributed by atoms with Gasteiger partial charge in [0.05, 0.1) is 29.0 Å². The van der Waals surface area contributed by atoms with Gasteiger partial charge in [0.25, 0.3) is 5.56 Å². The number of aromatic nitrogens is 2. The van der Waals surface area contributed by atoms with E-state index in [0.29, 0.717) is 29.1 Å². The number of carbonyl (C=O) groups excluding carboxylic acids is 1. The predicted molar refractivity (Wildman–Crippen MR) is 125 cm³/mol. The van der Waals surface area contributed by atoms with Crippen LogP contribution in [0.25, 0.3) is 22.3 Å². The number of pyridine rings is 2. The Balaban J connectivity index is 1.62. The van der Waals surface area contributed by atoms with Crippen LogP contribution in [0, 0.1) is 0 Å². The number of hydrogen-bond acceptors (Lipinski definition) is 6. The van der Waals surface area contributed by atoms with Crippen molar-refractivity contribution in [3.8, 4) is 11.4 Å². The van der Waals surface area contributed by atoms with Gasteiger partial charge in [-0.25, -0.2) is 9.78 Å². The molecule has 0 saturated heterocycles. The summed E-state index contributed by atoms with van der Waals surface area (Å²) in [6.45, 7) is 1.95. The number of aliphatic hydroxyl groups is 1. The molecule has 0 saturated carbocycles. The summed E-state index contributed by atoms with van der Waals surface area (Å²) in [6.07, 6.45) is 0.120. The molecule has 0 radical (unpaired) electrons. The average molecular weight is 457 g/mol. The zero-order valence-corrected chi connectivity index (χ0v) is 18.7. The molecule has 4 aromatic rings.